The molecule has 1 aromatic heterocycles. The van der Waals surface area contributed by atoms with Crippen molar-refractivity contribution in [3.8, 4) is 0 Å². The maximum absolute atomic E-state index is 12.6. The second-order valence-electron chi connectivity index (χ2n) is 5.45. The number of quaternary nitrogens is 1. The van der Waals surface area contributed by atoms with Gasteiger partial charge in [0.25, 0.3) is 11.8 Å². The fourth-order valence-electron chi connectivity index (χ4n) is 2.85. The van der Waals surface area contributed by atoms with Crippen LogP contribution in [0.4, 0.5) is 5.69 Å². The van der Waals surface area contributed by atoms with Crippen molar-refractivity contribution in [1.29, 1.82) is 0 Å². The summed E-state index contributed by atoms with van der Waals surface area (Å²) in [7, 11) is 1.74. The Morgan fingerprint density at radius 1 is 1.35 bits per heavy atom. The van der Waals surface area contributed by atoms with Crippen molar-refractivity contribution in [2.24, 2.45) is 4.99 Å². The van der Waals surface area contributed by atoms with Crippen molar-refractivity contribution >= 4 is 35.2 Å². The number of halogens is 1. The fourth-order valence-corrected chi connectivity index (χ4v) is 3.10. The van der Waals surface area contributed by atoms with E-state index in [0.29, 0.717) is 34.6 Å². The minimum Gasteiger partial charge on any atom is -0.419 e. The third kappa shape index (κ3) is 2.08. The van der Waals surface area contributed by atoms with Gasteiger partial charge in [-0.2, -0.15) is 4.99 Å². The van der Waals surface area contributed by atoms with E-state index in [4.69, 9.17) is 16.0 Å². The van der Waals surface area contributed by atoms with Gasteiger partial charge in [0, 0.05) is 20.0 Å². The van der Waals surface area contributed by atoms with E-state index in [1.165, 1.54) is 0 Å². The van der Waals surface area contributed by atoms with Gasteiger partial charge in [0.05, 0.1) is 11.6 Å². The molecule has 2 aliphatic rings. The topological polar surface area (TPSA) is 76.0 Å². The van der Waals surface area contributed by atoms with Crippen LogP contribution in [-0.2, 0) is 0 Å². The van der Waals surface area contributed by atoms with Crippen LogP contribution in [0.25, 0.3) is 5.70 Å². The molecule has 0 spiro atoms. The van der Waals surface area contributed by atoms with Gasteiger partial charge in [0.1, 0.15) is 5.56 Å². The quantitative estimate of drug-likeness (QED) is 0.848. The van der Waals surface area contributed by atoms with Crippen molar-refractivity contribution < 1.29 is 14.1 Å². The molecule has 1 atom stereocenters. The molecular formula is C15H13ClN5O2+. The van der Waals surface area contributed by atoms with E-state index in [1.807, 2.05) is 12.1 Å². The van der Waals surface area contributed by atoms with E-state index < -0.39 is 0 Å². The molecule has 0 saturated carbocycles. The van der Waals surface area contributed by atoms with Gasteiger partial charge in [-0.15, -0.1) is 10.2 Å². The number of fused-ring (bicyclic) bond motifs is 3. The predicted molar refractivity (Wildman–Crippen MR) is 83.5 cm³/mol. The Hall–Kier alpha value is -2.51. The largest absolute Gasteiger partial charge is 0.419 e. The summed E-state index contributed by atoms with van der Waals surface area (Å²) in [5.41, 5.74) is 2.76. The van der Waals surface area contributed by atoms with Crippen LogP contribution in [0.2, 0.25) is 5.02 Å². The highest BCUT2D eigenvalue weighted by Gasteiger charge is 2.39. The zero-order chi connectivity index (χ0) is 16.1. The van der Waals surface area contributed by atoms with Gasteiger partial charge in [-0.25, -0.2) is 4.90 Å². The molecule has 0 bridgehead atoms. The second kappa shape index (κ2) is 5.00. The number of hydrogen-bond acceptors (Lipinski definition) is 5. The van der Waals surface area contributed by atoms with Crippen molar-refractivity contribution in [3.05, 3.63) is 46.3 Å². The molecule has 3 heterocycles. The first kappa shape index (κ1) is 14.1. The Morgan fingerprint density at radius 2 is 2.17 bits per heavy atom. The molecule has 1 N–H and O–H groups in total. The summed E-state index contributed by atoms with van der Waals surface area (Å²) in [4.78, 5) is 19.6. The summed E-state index contributed by atoms with van der Waals surface area (Å²) in [6.07, 6.45) is 1.73. The summed E-state index contributed by atoms with van der Waals surface area (Å²) in [6.45, 7) is 2.12. The number of rotatable bonds is 1. The number of carbonyl (C=O) groups excluding carboxylic acids is 1. The number of carbonyl (C=O) groups is 1. The third-order valence-electron chi connectivity index (χ3n) is 3.92. The monoisotopic (exact) mass is 330 g/mol. The number of aromatic nitrogens is 2. The summed E-state index contributed by atoms with van der Waals surface area (Å²) < 4.78 is 5.49. The Kier molecular flexibility index (Phi) is 3.07. The molecule has 0 saturated heterocycles. The minimum atomic E-state index is -0.116. The first-order chi connectivity index (χ1) is 11.1. The van der Waals surface area contributed by atoms with Gasteiger partial charge in [-0.3, -0.25) is 4.79 Å². The predicted octanol–water partition coefficient (Wildman–Crippen LogP) is 1.04. The normalized spacial score (nSPS) is 19.9. The molecular weight excluding hydrogens is 318 g/mol. The van der Waals surface area contributed by atoms with Crippen molar-refractivity contribution in [1.82, 2.24) is 15.1 Å². The molecule has 2 aromatic rings. The van der Waals surface area contributed by atoms with Crippen LogP contribution in [0.1, 0.15) is 22.1 Å². The molecule has 8 heteroatoms. The van der Waals surface area contributed by atoms with Gasteiger partial charge in [-0.05, 0) is 6.07 Å². The van der Waals surface area contributed by atoms with Crippen LogP contribution >= 0.6 is 11.6 Å². The standard InChI is InChI=1S/C15H12ClN5O2/c1-8-18-19-14(23-8)13-11-6-20(2)15(22)12-9(16)4-3-5-10(12)21(11)7-17-13/h3-5,7H,6H2,1-2H3/p+1. The minimum absolute atomic E-state index is 0.116. The molecule has 0 radical (unpaired) electrons. The van der Waals surface area contributed by atoms with Crippen LogP contribution in [0.15, 0.2) is 33.3 Å². The Morgan fingerprint density at radius 3 is 2.91 bits per heavy atom. The van der Waals surface area contributed by atoms with Crippen molar-refractivity contribution in [2.45, 2.75) is 6.92 Å². The van der Waals surface area contributed by atoms with Crippen LogP contribution in [0.5, 0.6) is 0 Å². The fraction of sp³-hybridized carbons (Fsp3) is 0.200. The summed E-state index contributed by atoms with van der Waals surface area (Å²) in [6, 6.07) is 5.42. The number of hydrogen-bond donors (Lipinski definition) is 1. The number of nitrogens with one attached hydrogen (secondary N) is 1. The Bertz CT molecular complexity index is 886. The summed E-state index contributed by atoms with van der Waals surface area (Å²) >= 11 is 6.26. The molecule has 0 fully saturated rings. The molecule has 23 heavy (non-hydrogen) atoms. The van der Waals surface area contributed by atoms with E-state index in [9.17, 15) is 4.79 Å². The number of aryl methyl sites for hydroxylation is 1. The number of aliphatic imine (C=N–C) groups is 1. The van der Waals surface area contributed by atoms with Gasteiger partial charge in [0.15, 0.2) is 23.4 Å². The van der Waals surface area contributed by atoms with Gasteiger partial charge in [0.2, 0.25) is 5.89 Å². The Balaban J connectivity index is 1.93. The molecule has 116 valence electrons. The summed E-state index contributed by atoms with van der Waals surface area (Å²) in [5.74, 6) is 0.711. The average molecular weight is 331 g/mol. The Labute approximate surface area is 136 Å². The maximum Gasteiger partial charge on any atom is 0.272 e. The van der Waals surface area contributed by atoms with E-state index in [0.717, 1.165) is 16.3 Å². The summed E-state index contributed by atoms with van der Waals surface area (Å²) in [5, 5.41) is 8.32. The third-order valence-corrected chi connectivity index (χ3v) is 4.24. The smallest absolute Gasteiger partial charge is 0.272 e. The van der Waals surface area contributed by atoms with Crippen LogP contribution in [0.3, 0.4) is 0 Å². The van der Waals surface area contributed by atoms with Gasteiger partial charge in [-0.1, -0.05) is 17.7 Å². The lowest BCUT2D eigenvalue weighted by Gasteiger charge is -2.13. The zero-order valence-corrected chi connectivity index (χ0v) is 13.3. The van der Waals surface area contributed by atoms with Crippen molar-refractivity contribution in [3.63, 3.8) is 0 Å². The number of likely N-dealkylation sites (N-methyl/N-ethyl adjacent to an activating group) is 1. The van der Waals surface area contributed by atoms with Crippen LogP contribution in [-0.4, -0.2) is 40.9 Å². The SMILES string of the molecule is Cc1nnc(C2=C3CN(C)C(=O)c4c(Cl)cccc4[NH+]3C=N2)o1. The zero-order valence-electron chi connectivity index (χ0n) is 12.5. The average Bonchev–Trinajstić information content (AvgIpc) is 3.10. The first-order valence-electron chi connectivity index (χ1n) is 7.05. The first-order valence-corrected chi connectivity index (χ1v) is 7.43. The van der Waals surface area contributed by atoms with E-state index in [-0.39, 0.29) is 5.91 Å². The second-order valence-corrected chi connectivity index (χ2v) is 5.86. The number of amides is 1. The van der Waals surface area contributed by atoms with Crippen LogP contribution < -0.4 is 4.90 Å². The molecule has 1 unspecified atom stereocenters. The molecule has 2 aliphatic heterocycles. The number of nitrogens with zero attached hydrogens (tertiary/aromatic N) is 4. The molecule has 0 aliphatic carbocycles. The lowest BCUT2D eigenvalue weighted by Crippen LogP contribution is -3.03. The number of benzene rings is 1. The lowest BCUT2D eigenvalue weighted by molar-refractivity contribution is -0.673. The van der Waals surface area contributed by atoms with Gasteiger partial charge < -0.3 is 9.32 Å². The molecule has 4 rings (SSSR count). The highest BCUT2D eigenvalue weighted by atomic mass is 35.5. The van der Waals surface area contributed by atoms with Gasteiger partial charge >= 0.3 is 0 Å². The molecule has 1 amide bonds. The van der Waals surface area contributed by atoms with E-state index in [2.05, 4.69) is 15.2 Å². The molecule has 1 aromatic carbocycles. The highest BCUT2D eigenvalue weighted by molar-refractivity contribution is 6.34. The van der Waals surface area contributed by atoms with Crippen molar-refractivity contribution in [2.75, 3.05) is 13.6 Å². The maximum atomic E-state index is 12.6. The van der Waals surface area contributed by atoms with E-state index >= 15 is 0 Å². The lowest BCUT2D eigenvalue weighted by atomic mass is 10.1. The highest BCUT2D eigenvalue weighted by Crippen LogP contribution is 2.29. The molecule has 7 nitrogen and oxygen atoms in total. The van der Waals surface area contributed by atoms with Crippen LogP contribution in [0, 0.1) is 6.92 Å². The van der Waals surface area contributed by atoms with E-state index in [1.54, 1.807) is 31.3 Å².